The summed E-state index contributed by atoms with van der Waals surface area (Å²) in [7, 11) is 0. The van der Waals surface area contributed by atoms with Crippen molar-refractivity contribution in [1.82, 2.24) is 9.55 Å². The van der Waals surface area contributed by atoms with Gasteiger partial charge in [0.15, 0.2) is 0 Å². The van der Waals surface area contributed by atoms with Crippen molar-refractivity contribution in [3.05, 3.63) is 51.3 Å². The Morgan fingerprint density at radius 3 is 2.47 bits per heavy atom. The maximum Gasteiger partial charge on any atom is 0.506 e. The topological polar surface area (TPSA) is 111 Å². The monoisotopic (exact) mass is 466 g/mol. The zero-order chi connectivity index (χ0) is 25.0. The van der Waals surface area contributed by atoms with E-state index in [0.29, 0.717) is 23.4 Å². The number of pyridine rings is 2. The first-order valence-corrected chi connectivity index (χ1v) is 12.0. The average molecular weight is 467 g/mol. The van der Waals surface area contributed by atoms with Gasteiger partial charge in [0.1, 0.15) is 6.61 Å². The normalized spacial score (nSPS) is 13.4. The highest BCUT2D eigenvalue weighted by Gasteiger charge is 2.30. The molecule has 0 amide bonds. The van der Waals surface area contributed by atoms with Crippen molar-refractivity contribution in [3.63, 3.8) is 0 Å². The second-order valence-electron chi connectivity index (χ2n) is 7.90. The molecule has 2 aliphatic rings. The quantitative estimate of drug-likeness (QED) is 0.317. The van der Waals surface area contributed by atoms with Crippen LogP contribution in [0.25, 0.3) is 22.3 Å². The van der Waals surface area contributed by atoms with Crippen molar-refractivity contribution in [1.29, 1.82) is 0 Å². The largest absolute Gasteiger partial charge is 0.506 e. The van der Waals surface area contributed by atoms with E-state index in [-0.39, 0.29) is 12.2 Å². The van der Waals surface area contributed by atoms with E-state index in [2.05, 4.69) is 9.64 Å². The predicted octanol–water partition coefficient (Wildman–Crippen LogP) is 5.16. The van der Waals surface area contributed by atoms with E-state index in [1.165, 1.54) is 0 Å². The highest BCUT2D eigenvalue weighted by Crippen LogP contribution is 2.42. The van der Waals surface area contributed by atoms with E-state index in [1.807, 2.05) is 52.0 Å². The van der Waals surface area contributed by atoms with Gasteiger partial charge in [-0.15, -0.1) is 0 Å². The number of fused-ring (bicyclic) bond motifs is 4. The van der Waals surface area contributed by atoms with E-state index in [4.69, 9.17) is 15.8 Å². The van der Waals surface area contributed by atoms with Crippen molar-refractivity contribution < 1.29 is 14.6 Å². The Bertz CT molecular complexity index is 1260. The number of hydrogen-bond donors (Lipinski definition) is 2. The van der Waals surface area contributed by atoms with Gasteiger partial charge < -0.3 is 25.0 Å². The molecule has 3 aromatic rings. The fourth-order valence-electron chi connectivity index (χ4n) is 4.60. The second-order valence-corrected chi connectivity index (χ2v) is 7.90. The Morgan fingerprint density at radius 1 is 1.15 bits per heavy atom. The average Bonchev–Trinajstić information content (AvgIpc) is 3.48. The Balaban J connectivity index is 0.000000771. The number of anilines is 2. The maximum atomic E-state index is 13.2. The van der Waals surface area contributed by atoms with E-state index >= 15 is 0 Å². The standard InChI is InChI=1S/C22H22N4O4.2C2H6/c1-12-8-18-19-15(10-26(18)21(27)16(12)11-30-22(28)29)20(25-6-2-3-7-25)14-9-13(23)4-5-17(14)24-19;2*1-2/h4-5,8-9H,2-3,6-7,10-11,23H2,1H3,(H,28,29);2*1-2H3. The van der Waals surface area contributed by atoms with Crippen molar-refractivity contribution >= 4 is 28.4 Å². The molecule has 34 heavy (non-hydrogen) atoms. The third-order valence-electron chi connectivity index (χ3n) is 6.02. The Kier molecular flexibility index (Phi) is 7.81. The number of benzene rings is 1. The molecule has 5 rings (SSSR count). The summed E-state index contributed by atoms with van der Waals surface area (Å²) in [6, 6.07) is 7.62. The highest BCUT2D eigenvalue weighted by molar-refractivity contribution is 5.99. The molecule has 0 radical (unpaired) electrons. The van der Waals surface area contributed by atoms with Crippen molar-refractivity contribution in [2.24, 2.45) is 0 Å². The van der Waals surface area contributed by atoms with Crippen molar-refractivity contribution in [2.75, 3.05) is 23.7 Å². The van der Waals surface area contributed by atoms with Gasteiger partial charge in [-0.05, 0) is 49.6 Å². The van der Waals surface area contributed by atoms with Crippen LogP contribution in [0.4, 0.5) is 16.2 Å². The minimum atomic E-state index is -1.40. The van der Waals surface area contributed by atoms with Crippen molar-refractivity contribution in [3.8, 4) is 11.4 Å². The first kappa shape index (κ1) is 25.1. The van der Waals surface area contributed by atoms with E-state index in [1.54, 1.807) is 11.5 Å². The van der Waals surface area contributed by atoms with Gasteiger partial charge in [0.05, 0.1) is 34.7 Å². The third kappa shape index (κ3) is 4.44. The van der Waals surface area contributed by atoms with Crippen LogP contribution in [-0.4, -0.2) is 33.9 Å². The first-order valence-electron chi connectivity index (χ1n) is 12.0. The summed E-state index contributed by atoms with van der Waals surface area (Å²) >= 11 is 0. The van der Waals surface area contributed by atoms with Gasteiger partial charge in [-0.25, -0.2) is 9.78 Å². The van der Waals surface area contributed by atoms with Gasteiger partial charge in [0, 0.05) is 29.7 Å². The number of aromatic nitrogens is 2. The molecule has 0 spiro atoms. The highest BCUT2D eigenvalue weighted by atomic mass is 16.7. The molecule has 8 heteroatoms. The number of nitrogens with two attached hydrogens (primary N) is 1. The molecule has 0 saturated carbocycles. The van der Waals surface area contributed by atoms with Gasteiger partial charge >= 0.3 is 6.16 Å². The van der Waals surface area contributed by atoms with Crippen LogP contribution in [0.3, 0.4) is 0 Å². The number of ether oxygens (including phenoxy) is 1. The van der Waals surface area contributed by atoms with Gasteiger partial charge in [0.2, 0.25) is 0 Å². The Labute approximate surface area is 200 Å². The molecule has 4 heterocycles. The van der Waals surface area contributed by atoms with E-state index in [0.717, 1.165) is 59.5 Å². The third-order valence-corrected chi connectivity index (χ3v) is 6.02. The molecule has 0 bridgehead atoms. The summed E-state index contributed by atoms with van der Waals surface area (Å²) in [6.45, 7) is 11.9. The number of nitrogen functional groups attached to an aromatic ring is 1. The number of carbonyl (C=O) groups is 1. The lowest BCUT2D eigenvalue weighted by molar-refractivity contribution is 0.0848. The lowest BCUT2D eigenvalue weighted by Crippen LogP contribution is -2.25. The maximum absolute atomic E-state index is 13.2. The molecule has 0 aliphatic carbocycles. The van der Waals surface area contributed by atoms with Crippen LogP contribution in [0.5, 0.6) is 0 Å². The molecule has 1 saturated heterocycles. The Hall–Kier alpha value is -3.55. The van der Waals surface area contributed by atoms with Gasteiger partial charge in [-0.2, -0.15) is 0 Å². The number of nitrogens with zero attached hydrogens (tertiary/aromatic N) is 3. The van der Waals surface area contributed by atoms with Crippen LogP contribution in [-0.2, 0) is 17.9 Å². The minimum Gasteiger partial charge on any atom is -0.450 e. The molecular formula is C26H34N4O4. The number of hydrogen-bond acceptors (Lipinski definition) is 6. The smallest absolute Gasteiger partial charge is 0.450 e. The Morgan fingerprint density at radius 2 is 1.82 bits per heavy atom. The van der Waals surface area contributed by atoms with Crippen LogP contribution < -0.4 is 16.2 Å². The molecule has 1 aromatic carbocycles. The predicted molar refractivity (Wildman–Crippen MR) is 137 cm³/mol. The van der Waals surface area contributed by atoms with Crippen LogP contribution in [0, 0.1) is 6.92 Å². The van der Waals surface area contributed by atoms with Crippen LogP contribution in [0.1, 0.15) is 57.2 Å². The van der Waals surface area contributed by atoms with E-state index < -0.39 is 6.16 Å². The second kappa shape index (κ2) is 10.6. The molecular weight excluding hydrogens is 432 g/mol. The minimum absolute atomic E-state index is 0.236. The van der Waals surface area contributed by atoms with Gasteiger partial charge in [0.25, 0.3) is 5.56 Å². The SMILES string of the molecule is CC.CC.Cc1cc2n(c(=O)c1COC(=O)O)Cc1c-2nc2ccc(N)cc2c1N1CCCC1. The summed E-state index contributed by atoms with van der Waals surface area (Å²) < 4.78 is 6.35. The number of carboxylic acid groups (broad SMARTS) is 1. The molecule has 8 nitrogen and oxygen atoms in total. The summed E-state index contributed by atoms with van der Waals surface area (Å²) in [4.78, 5) is 31.2. The lowest BCUT2D eigenvalue weighted by atomic mass is 10.0. The van der Waals surface area contributed by atoms with Gasteiger partial charge in [-0.3, -0.25) is 4.79 Å². The summed E-state index contributed by atoms with van der Waals surface area (Å²) in [6.07, 6.45) is 0.858. The summed E-state index contributed by atoms with van der Waals surface area (Å²) in [5.41, 5.74) is 12.1. The molecule has 3 N–H and O–H groups in total. The van der Waals surface area contributed by atoms with Crippen LogP contribution >= 0.6 is 0 Å². The molecule has 2 aromatic heterocycles. The van der Waals surface area contributed by atoms with Crippen LogP contribution in [0.2, 0.25) is 0 Å². The fourth-order valence-corrected chi connectivity index (χ4v) is 4.60. The lowest BCUT2D eigenvalue weighted by Gasteiger charge is -2.23. The van der Waals surface area contributed by atoms with Gasteiger partial charge in [-0.1, -0.05) is 27.7 Å². The van der Waals surface area contributed by atoms with E-state index in [9.17, 15) is 9.59 Å². The molecule has 2 aliphatic heterocycles. The molecule has 0 atom stereocenters. The van der Waals surface area contributed by atoms with Crippen molar-refractivity contribution in [2.45, 2.75) is 60.6 Å². The number of aryl methyl sites for hydroxylation is 1. The summed E-state index contributed by atoms with van der Waals surface area (Å²) in [5, 5.41) is 9.83. The summed E-state index contributed by atoms with van der Waals surface area (Å²) in [5.74, 6) is 0. The molecule has 182 valence electrons. The zero-order valence-electron chi connectivity index (χ0n) is 20.6. The number of rotatable bonds is 3. The van der Waals surface area contributed by atoms with Crippen LogP contribution in [0.15, 0.2) is 29.1 Å². The molecule has 0 unspecified atom stereocenters. The molecule has 1 fully saturated rings. The zero-order valence-corrected chi connectivity index (χ0v) is 20.6. The fraction of sp³-hybridized carbons (Fsp3) is 0.423. The first-order chi connectivity index (χ1) is 16.4.